The van der Waals surface area contributed by atoms with Gasteiger partial charge in [0, 0.05) is 45.7 Å². The van der Waals surface area contributed by atoms with Gasteiger partial charge in [0.05, 0.1) is 6.10 Å². The van der Waals surface area contributed by atoms with Crippen LogP contribution in [0.25, 0.3) is 0 Å². The Morgan fingerprint density at radius 2 is 1.44 bits per heavy atom. The summed E-state index contributed by atoms with van der Waals surface area (Å²) in [7, 11) is 0. The van der Waals surface area contributed by atoms with Gasteiger partial charge in [-0.3, -0.25) is 4.79 Å². The number of likely N-dealkylation sites (tertiary alicyclic amines) is 1. The van der Waals surface area contributed by atoms with Gasteiger partial charge >= 0.3 is 6.03 Å². The average molecular weight is 542 g/mol. The van der Waals surface area contributed by atoms with Gasteiger partial charge in [-0.05, 0) is 123 Å². The number of nitrogens with zero attached hydrogens (tertiary/aromatic N) is 3. The molecule has 6 aliphatic rings. The lowest BCUT2D eigenvalue weighted by Crippen LogP contribution is -2.54. The maximum Gasteiger partial charge on any atom is 0.320 e. The lowest BCUT2D eigenvalue weighted by Gasteiger charge is -2.61. The summed E-state index contributed by atoms with van der Waals surface area (Å²) in [5.41, 5.74) is 0.880. The molecule has 6 fully saturated rings. The normalized spacial score (nSPS) is 43.0. The van der Waals surface area contributed by atoms with Crippen molar-refractivity contribution in [1.29, 1.82) is 0 Å². The van der Waals surface area contributed by atoms with Gasteiger partial charge < -0.3 is 19.8 Å². The van der Waals surface area contributed by atoms with E-state index in [2.05, 4.69) is 20.8 Å². The van der Waals surface area contributed by atoms with Gasteiger partial charge in [0.1, 0.15) is 0 Å². The van der Waals surface area contributed by atoms with Crippen molar-refractivity contribution in [1.82, 2.24) is 14.7 Å². The van der Waals surface area contributed by atoms with Crippen LogP contribution in [-0.4, -0.2) is 77.1 Å². The predicted octanol–water partition coefficient (Wildman–Crippen LogP) is 5.78. The molecule has 0 aromatic carbocycles. The molecule has 0 spiro atoms. The highest BCUT2D eigenvalue weighted by Crippen LogP contribution is 2.68. The third-order valence-electron chi connectivity index (χ3n) is 13.5. The van der Waals surface area contributed by atoms with Crippen molar-refractivity contribution >= 4 is 11.9 Å². The van der Waals surface area contributed by atoms with E-state index in [-0.39, 0.29) is 12.1 Å². The number of urea groups is 1. The second kappa shape index (κ2) is 10.8. The van der Waals surface area contributed by atoms with Crippen molar-refractivity contribution in [2.24, 2.45) is 46.3 Å². The first-order chi connectivity index (χ1) is 18.7. The molecular formula is C33H55N3O3. The molecule has 9 atom stereocenters. The van der Waals surface area contributed by atoms with E-state index in [0.717, 1.165) is 74.8 Å². The zero-order valence-corrected chi connectivity index (χ0v) is 25.1. The highest BCUT2D eigenvalue weighted by molar-refractivity contribution is 5.78. The molecule has 39 heavy (non-hydrogen) atoms. The second-order valence-corrected chi connectivity index (χ2v) is 15.2. The molecule has 4 saturated carbocycles. The Balaban J connectivity index is 1.01. The molecular weight excluding hydrogens is 486 g/mol. The van der Waals surface area contributed by atoms with Gasteiger partial charge in [0.25, 0.3) is 0 Å². The van der Waals surface area contributed by atoms with Gasteiger partial charge in [-0.15, -0.1) is 0 Å². The molecule has 6 nitrogen and oxygen atoms in total. The van der Waals surface area contributed by atoms with Crippen molar-refractivity contribution in [2.75, 3.05) is 39.3 Å². The number of hydrogen-bond acceptors (Lipinski definition) is 3. The number of piperazine rings is 1. The summed E-state index contributed by atoms with van der Waals surface area (Å²) < 4.78 is 0. The largest absolute Gasteiger partial charge is 0.393 e. The lowest BCUT2D eigenvalue weighted by atomic mass is 9.44. The molecule has 0 radical (unpaired) electrons. The van der Waals surface area contributed by atoms with Gasteiger partial charge in [-0.1, -0.05) is 20.8 Å². The van der Waals surface area contributed by atoms with E-state index in [1.165, 1.54) is 44.9 Å². The van der Waals surface area contributed by atoms with E-state index in [1.807, 2.05) is 14.7 Å². The quantitative estimate of drug-likeness (QED) is 0.491. The Bertz CT molecular complexity index is 912. The molecule has 0 bridgehead atoms. The maximum atomic E-state index is 13.2. The highest BCUT2D eigenvalue weighted by atomic mass is 16.3. The number of aliphatic hydroxyl groups is 1. The fourth-order valence-corrected chi connectivity index (χ4v) is 11.2. The molecule has 0 aromatic rings. The molecule has 2 saturated heterocycles. The van der Waals surface area contributed by atoms with E-state index in [1.54, 1.807) is 0 Å². The number of carbonyl (C=O) groups is 2. The number of rotatable bonds is 4. The Hall–Kier alpha value is -1.30. The van der Waals surface area contributed by atoms with Crippen molar-refractivity contribution in [3.05, 3.63) is 0 Å². The van der Waals surface area contributed by atoms with E-state index in [4.69, 9.17) is 0 Å². The first kappa shape index (κ1) is 27.8. The molecule has 6 rings (SSSR count). The van der Waals surface area contributed by atoms with Crippen LogP contribution in [0, 0.1) is 46.3 Å². The first-order valence-electron chi connectivity index (χ1n) is 16.7. The smallest absolute Gasteiger partial charge is 0.320 e. The van der Waals surface area contributed by atoms with Crippen LogP contribution in [0.2, 0.25) is 0 Å². The van der Waals surface area contributed by atoms with Crippen LogP contribution in [0.5, 0.6) is 0 Å². The summed E-state index contributed by atoms with van der Waals surface area (Å²) in [6.07, 6.45) is 15.3. The molecule has 1 N–H and O–H groups in total. The van der Waals surface area contributed by atoms with E-state index in [9.17, 15) is 14.7 Å². The maximum absolute atomic E-state index is 13.2. The minimum Gasteiger partial charge on any atom is -0.393 e. The third kappa shape index (κ3) is 4.93. The molecule has 0 aromatic heterocycles. The molecule has 6 heteroatoms. The minimum absolute atomic E-state index is 0.0609. The summed E-state index contributed by atoms with van der Waals surface area (Å²) in [6.45, 7) is 12.2. The fraction of sp³-hybridized carbons (Fsp3) is 0.939. The van der Waals surface area contributed by atoms with Crippen molar-refractivity contribution in [3.63, 3.8) is 0 Å². The van der Waals surface area contributed by atoms with Crippen molar-refractivity contribution in [2.45, 2.75) is 110 Å². The highest BCUT2D eigenvalue weighted by Gasteiger charge is 2.60. The summed E-state index contributed by atoms with van der Waals surface area (Å²) in [4.78, 5) is 31.9. The molecule has 4 aliphatic carbocycles. The van der Waals surface area contributed by atoms with E-state index >= 15 is 0 Å². The Morgan fingerprint density at radius 1 is 0.795 bits per heavy atom. The Labute approximate surface area is 237 Å². The van der Waals surface area contributed by atoms with Crippen molar-refractivity contribution < 1.29 is 14.7 Å². The summed E-state index contributed by atoms with van der Waals surface area (Å²) in [6, 6.07) is 0.176. The SMILES string of the molecule is CC(CCC(=O)N1CCN(C(=O)N2CCCC2)CC1)[C@H]1CC[C@H]2[C@@H]3CC[C@H]4C[C@@H](O)CC[C@]4(C)[C@H]3CC[C@]12C. The number of aliphatic hydroxyl groups excluding tert-OH is 1. The number of fused-ring (bicyclic) bond motifs is 5. The third-order valence-corrected chi connectivity index (χ3v) is 13.5. The van der Waals surface area contributed by atoms with Gasteiger partial charge in [0.15, 0.2) is 0 Å². The van der Waals surface area contributed by atoms with Gasteiger partial charge in [-0.25, -0.2) is 4.79 Å². The lowest BCUT2D eigenvalue weighted by molar-refractivity contribution is -0.134. The summed E-state index contributed by atoms with van der Waals surface area (Å²) >= 11 is 0. The van der Waals surface area contributed by atoms with Gasteiger partial charge in [-0.2, -0.15) is 0 Å². The van der Waals surface area contributed by atoms with Crippen LogP contribution in [0.1, 0.15) is 104 Å². The molecule has 2 heterocycles. The summed E-state index contributed by atoms with van der Waals surface area (Å²) in [5, 5.41) is 10.3. The zero-order valence-electron chi connectivity index (χ0n) is 25.1. The number of hydrogen-bond donors (Lipinski definition) is 1. The van der Waals surface area contributed by atoms with Crippen LogP contribution < -0.4 is 0 Å². The van der Waals surface area contributed by atoms with Crippen LogP contribution in [0.4, 0.5) is 4.79 Å². The number of amides is 3. The Kier molecular flexibility index (Phi) is 7.74. The number of carbonyl (C=O) groups excluding carboxylic acids is 2. The van der Waals surface area contributed by atoms with Crippen LogP contribution >= 0.6 is 0 Å². The molecule has 3 amide bonds. The fourth-order valence-electron chi connectivity index (χ4n) is 11.2. The molecule has 2 aliphatic heterocycles. The van der Waals surface area contributed by atoms with Crippen LogP contribution in [0.3, 0.4) is 0 Å². The molecule has 1 unspecified atom stereocenters. The van der Waals surface area contributed by atoms with Crippen LogP contribution in [-0.2, 0) is 4.79 Å². The first-order valence-corrected chi connectivity index (χ1v) is 16.7. The van der Waals surface area contributed by atoms with Gasteiger partial charge in [0.2, 0.25) is 5.91 Å². The zero-order chi connectivity index (χ0) is 27.4. The summed E-state index contributed by atoms with van der Waals surface area (Å²) in [5.74, 6) is 4.94. The monoisotopic (exact) mass is 541 g/mol. The van der Waals surface area contributed by atoms with Crippen LogP contribution in [0.15, 0.2) is 0 Å². The second-order valence-electron chi connectivity index (χ2n) is 15.2. The Morgan fingerprint density at radius 3 is 2.18 bits per heavy atom. The van der Waals surface area contributed by atoms with E-state index < -0.39 is 0 Å². The molecule has 220 valence electrons. The predicted molar refractivity (Wildman–Crippen MR) is 154 cm³/mol. The average Bonchev–Trinajstić information content (AvgIpc) is 3.60. The van der Waals surface area contributed by atoms with Crippen molar-refractivity contribution in [3.8, 4) is 0 Å². The topological polar surface area (TPSA) is 64.1 Å². The van der Waals surface area contributed by atoms with E-state index in [0.29, 0.717) is 55.3 Å². The minimum atomic E-state index is -0.0609. The standard InChI is InChI=1S/C33H55N3O3/c1-23(6-11-30(38)34-18-20-36(21-19-34)31(39)35-16-4-5-17-35)27-9-10-28-26-8-7-24-22-25(37)12-14-32(24,2)29(26)13-15-33(27,28)3/h23-29,37H,4-22H2,1-3H3/t23?,24-,25-,26-,27+,28-,29-,32-,33+/m0/s1.